The lowest BCUT2D eigenvalue weighted by Gasteiger charge is -2.04. The van der Waals surface area contributed by atoms with Crippen molar-refractivity contribution in [1.82, 2.24) is 0 Å². The van der Waals surface area contributed by atoms with Crippen LogP contribution in [0.15, 0.2) is 11.6 Å². The molecule has 0 aliphatic carbocycles. The van der Waals surface area contributed by atoms with Gasteiger partial charge < -0.3 is 5.11 Å². The molecule has 0 saturated carbocycles. The maximum atomic E-state index is 8.69. The first kappa shape index (κ1) is 10.7. The summed E-state index contributed by atoms with van der Waals surface area (Å²) >= 11 is 0. The molecule has 0 aromatic carbocycles. The lowest BCUT2D eigenvalue weighted by Crippen LogP contribution is -1.91. The van der Waals surface area contributed by atoms with E-state index >= 15 is 0 Å². The van der Waals surface area contributed by atoms with E-state index in [-0.39, 0.29) is 6.61 Å². The normalized spacial score (nSPS) is 15.1. The highest BCUT2D eigenvalue weighted by Gasteiger charge is 1.95. The van der Waals surface area contributed by atoms with E-state index in [4.69, 9.17) is 5.11 Å². The van der Waals surface area contributed by atoms with Gasteiger partial charge >= 0.3 is 0 Å². The Morgan fingerprint density at radius 1 is 1.55 bits per heavy atom. The fourth-order valence-corrected chi connectivity index (χ4v) is 0.883. The molecule has 0 bridgehead atoms. The standard InChI is InChI=1S/C10H20O/c1-4-9(2)6-5-7-10(3)8-11/h7,9,11H,4-6,8H2,1-3H3. The van der Waals surface area contributed by atoms with Crippen molar-refractivity contribution in [1.29, 1.82) is 0 Å². The molecule has 0 aliphatic rings. The van der Waals surface area contributed by atoms with Crippen LogP contribution in [-0.2, 0) is 0 Å². The van der Waals surface area contributed by atoms with Crippen LogP contribution >= 0.6 is 0 Å². The molecule has 11 heavy (non-hydrogen) atoms. The number of aliphatic hydroxyl groups is 1. The van der Waals surface area contributed by atoms with Crippen LogP contribution in [0, 0.1) is 5.92 Å². The third-order valence-electron chi connectivity index (χ3n) is 2.10. The van der Waals surface area contributed by atoms with Crippen molar-refractivity contribution in [2.45, 2.75) is 40.0 Å². The number of hydrogen-bond donors (Lipinski definition) is 1. The molecule has 0 aliphatic heterocycles. The minimum absolute atomic E-state index is 0.209. The maximum absolute atomic E-state index is 8.69. The largest absolute Gasteiger partial charge is 0.392 e. The van der Waals surface area contributed by atoms with Crippen LogP contribution in [0.25, 0.3) is 0 Å². The Balaban J connectivity index is 3.39. The van der Waals surface area contributed by atoms with Crippen molar-refractivity contribution in [3.8, 4) is 0 Å². The van der Waals surface area contributed by atoms with Gasteiger partial charge in [-0.05, 0) is 25.7 Å². The van der Waals surface area contributed by atoms with Gasteiger partial charge in [0.15, 0.2) is 0 Å². The van der Waals surface area contributed by atoms with E-state index in [2.05, 4.69) is 19.9 Å². The summed E-state index contributed by atoms with van der Waals surface area (Å²) in [6.07, 6.45) is 5.74. The molecular formula is C10H20O. The average molecular weight is 156 g/mol. The molecule has 1 nitrogen and oxygen atoms in total. The molecule has 0 spiro atoms. The van der Waals surface area contributed by atoms with Crippen molar-refractivity contribution >= 4 is 0 Å². The van der Waals surface area contributed by atoms with Gasteiger partial charge in [-0.3, -0.25) is 0 Å². The van der Waals surface area contributed by atoms with E-state index in [9.17, 15) is 0 Å². The zero-order valence-corrected chi connectivity index (χ0v) is 7.93. The molecular weight excluding hydrogens is 136 g/mol. The molecule has 0 rings (SSSR count). The van der Waals surface area contributed by atoms with Crippen LogP contribution in [0.5, 0.6) is 0 Å². The van der Waals surface area contributed by atoms with Gasteiger partial charge in [0.1, 0.15) is 0 Å². The van der Waals surface area contributed by atoms with Crippen molar-refractivity contribution < 1.29 is 5.11 Å². The zero-order chi connectivity index (χ0) is 8.69. The van der Waals surface area contributed by atoms with Crippen LogP contribution in [0.2, 0.25) is 0 Å². The Hall–Kier alpha value is -0.300. The van der Waals surface area contributed by atoms with Crippen LogP contribution in [0.3, 0.4) is 0 Å². The predicted molar refractivity (Wildman–Crippen MR) is 49.5 cm³/mol. The van der Waals surface area contributed by atoms with Gasteiger partial charge in [0.2, 0.25) is 0 Å². The molecule has 0 aromatic rings. The fraction of sp³-hybridized carbons (Fsp3) is 0.800. The molecule has 0 heterocycles. The summed E-state index contributed by atoms with van der Waals surface area (Å²) in [5.41, 5.74) is 1.09. The molecule has 1 unspecified atom stereocenters. The average Bonchev–Trinajstić information content (AvgIpc) is 2.04. The van der Waals surface area contributed by atoms with E-state index in [1.807, 2.05) is 6.92 Å². The molecule has 0 amide bonds. The SMILES string of the molecule is CCC(C)CCC=C(C)CO. The molecule has 1 atom stereocenters. The molecule has 66 valence electrons. The van der Waals surface area contributed by atoms with Crippen LogP contribution in [0.1, 0.15) is 40.0 Å². The van der Waals surface area contributed by atoms with E-state index in [1.165, 1.54) is 12.8 Å². The highest BCUT2D eigenvalue weighted by molar-refractivity contribution is 4.97. The number of aliphatic hydroxyl groups excluding tert-OH is 1. The topological polar surface area (TPSA) is 20.2 Å². The highest BCUT2D eigenvalue weighted by Crippen LogP contribution is 2.10. The summed E-state index contributed by atoms with van der Waals surface area (Å²) in [4.78, 5) is 0. The summed E-state index contributed by atoms with van der Waals surface area (Å²) in [6.45, 7) is 6.66. The van der Waals surface area contributed by atoms with Crippen molar-refractivity contribution in [3.05, 3.63) is 11.6 Å². The lowest BCUT2D eigenvalue weighted by atomic mass is 10.0. The molecule has 1 heteroatoms. The first-order valence-electron chi connectivity index (χ1n) is 4.47. The van der Waals surface area contributed by atoms with Gasteiger partial charge in [-0.1, -0.05) is 31.9 Å². The third-order valence-corrected chi connectivity index (χ3v) is 2.10. The second-order valence-electron chi connectivity index (χ2n) is 3.30. The Morgan fingerprint density at radius 3 is 2.64 bits per heavy atom. The molecule has 1 N–H and O–H groups in total. The summed E-state index contributed by atoms with van der Waals surface area (Å²) in [5, 5.41) is 8.69. The van der Waals surface area contributed by atoms with Gasteiger partial charge in [-0.15, -0.1) is 0 Å². The summed E-state index contributed by atoms with van der Waals surface area (Å²) < 4.78 is 0. The number of rotatable bonds is 5. The molecule has 0 aromatic heterocycles. The fourth-order valence-electron chi connectivity index (χ4n) is 0.883. The Morgan fingerprint density at radius 2 is 2.18 bits per heavy atom. The monoisotopic (exact) mass is 156 g/mol. The molecule has 0 saturated heterocycles. The Labute approximate surface area is 70.1 Å². The summed E-state index contributed by atoms with van der Waals surface area (Å²) in [6, 6.07) is 0. The second-order valence-corrected chi connectivity index (χ2v) is 3.30. The van der Waals surface area contributed by atoms with Gasteiger partial charge in [0.05, 0.1) is 6.61 Å². The van der Waals surface area contributed by atoms with Crippen molar-refractivity contribution in [2.75, 3.05) is 6.61 Å². The highest BCUT2D eigenvalue weighted by atomic mass is 16.3. The maximum Gasteiger partial charge on any atom is 0.0639 e. The molecule has 0 fully saturated rings. The third kappa shape index (κ3) is 6.11. The first-order valence-corrected chi connectivity index (χ1v) is 4.47. The quantitative estimate of drug-likeness (QED) is 0.607. The van der Waals surface area contributed by atoms with Gasteiger partial charge in [-0.25, -0.2) is 0 Å². The smallest absolute Gasteiger partial charge is 0.0639 e. The first-order chi connectivity index (χ1) is 5.20. The van der Waals surface area contributed by atoms with E-state index < -0.39 is 0 Å². The predicted octanol–water partition coefficient (Wildman–Crippen LogP) is 2.75. The van der Waals surface area contributed by atoms with Gasteiger partial charge in [0.25, 0.3) is 0 Å². The van der Waals surface area contributed by atoms with Gasteiger partial charge in [-0.2, -0.15) is 0 Å². The Bertz CT molecular complexity index is 116. The summed E-state index contributed by atoms with van der Waals surface area (Å²) in [7, 11) is 0. The van der Waals surface area contributed by atoms with E-state index in [1.54, 1.807) is 0 Å². The second kappa shape index (κ2) is 6.41. The Kier molecular flexibility index (Phi) is 6.24. The van der Waals surface area contributed by atoms with Crippen molar-refractivity contribution in [2.24, 2.45) is 5.92 Å². The lowest BCUT2D eigenvalue weighted by molar-refractivity contribution is 0.330. The van der Waals surface area contributed by atoms with Crippen molar-refractivity contribution in [3.63, 3.8) is 0 Å². The van der Waals surface area contributed by atoms with E-state index in [0.29, 0.717) is 0 Å². The van der Waals surface area contributed by atoms with Gasteiger partial charge in [0, 0.05) is 0 Å². The van der Waals surface area contributed by atoms with Crippen LogP contribution < -0.4 is 0 Å². The minimum Gasteiger partial charge on any atom is -0.392 e. The minimum atomic E-state index is 0.209. The van der Waals surface area contributed by atoms with Crippen LogP contribution in [0.4, 0.5) is 0 Å². The van der Waals surface area contributed by atoms with E-state index in [0.717, 1.165) is 17.9 Å². The number of allylic oxidation sites excluding steroid dienone is 1. The number of hydrogen-bond acceptors (Lipinski definition) is 1. The zero-order valence-electron chi connectivity index (χ0n) is 7.93. The summed E-state index contributed by atoms with van der Waals surface area (Å²) in [5.74, 6) is 0.817. The van der Waals surface area contributed by atoms with Crippen LogP contribution in [-0.4, -0.2) is 11.7 Å². The molecule has 0 radical (unpaired) electrons.